The lowest BCUT2D eigenvalue weighted by molar-refractivity contribution is -0.123. The SMILES string of the molecule is O=C(NCC(F)(F)F)c1ccccc1NC(=O)C1CC=CCC1. The van der Waals surface area contributed by atoms with E-state index in [9.17, 15) is 22.8 Å². The van der Waals surface area contributed by atoms with Crippen molar-refractivity contribution in [3.8, 4) is 0 Å². The van der Waals surface area contributed by atoms with E-state index in [1.165, 1.54) is 18.2 Å². The van der Waals surface area contributed by atoms with Crippen LogP contribution in [0.15, 0.2) is 36.4 Å². The molecule has 0 aromatic heterocycles. The Morgan fingerprint density at radius 3 is 2.57 bits per heavy atom. The lowest BCUT2D eigenvalue weighted by Crippen LogP contribution is -2.34. The molecule has 0 saturated carbocycles. The minimum Gasteiger partial charge on any atom is -0.343 e. The zero-order valence-electron chi connectivity index (χ0n) is 12.3. The summed E-state index contributed by atoms with van der Waals surface area (Å²) < 4.78 is 36.6. The van der Waals surface area contributed by atoms with Crippen LogP contribution in [0.1, 0.15) is 29.6 Å². The van der Waals surface area contributed by atoms with Crippen molar-refractivity contribution >= 4 is 17.5 Å². The van der Waals surface area contributed by atoms with Crippen LogP contribution in [-0.2, 0) is 4.79 Å². The molecule has 124 valence electrons. The van der Waals surface area contributed by atoms with E-state index < -0.39 is 18.6 Å². The maximum atomic E-state index is 12.2. The maximum Gasteiger partial charge on any atom is 0.405 e. The third-order valence-corrected chi connectivity index (χ3v) is 3.52. The van der Waals surface area contributed by atoms with Gasteiger partial charge in [-0.25, -0.2) is 0 Å². The van der Waals surface area contributed by atoms with Gasteiger partial charge < -0.3 is 10.6 Å². The number of anilines is 1. The van der Waals surface area contributed by atoms with E-state index >= 15 is 0 Å². The zero-order chi connectivity index (χ0) is 16.9. The normalized spacial score (nSPS) is 17.6. The van der Waals surface area contributed by atoms with Gasteiger partial charge in [0.25, 0.3) is 5.91 Å². The number of halogens is 3. The molecule has 1 aliphatic rings. The third kappa shape index (κ3) is 5.12. The van der Waals surface area contributed by atoms with Crippen molar-refractivity contribution in [2.24, 2.45) is 5.92 Å². The Bertz CT molecular complexity index is 612. The molecule has 1 aliphatic carbocycles. The van der Waals surface area contributed by atoms with Crippen molar-refractivity contribution in [3.63, 3.8) is 0 Å². The van der Waals surface area contributed by atoms with E-state index in [-0.39, 0.29) is 23.1 Å². The molecule has 23 heavy (non-hydrogen) atoms. The molecule has 0 fully saturated rings. The summed E-state index contributed by atoms with van der Waals surface area (Å²) in [5.41, 5.74) is 0.225. The topological polar surface area (TPSA) is 58.2 Å². The molecule has 0 spiro atoms. The van der Waals surface area contributed by atoms with Gasteiger partial charge in [0.2, 0.25) is 5.91 Å². The van der Waals surface area contributed by atoms with Crippen molar-refractivity contribution in [1.82, 2.24) is 5.32 Å². The second kappa shape index (κ2) is 7.30. The Hall–Kier alpha value is -2.31. The van der Waals surface area contributed by atoms with Crippen LogP contribution < -0.4 is 10.6 Å². The quantitative estimate of drug-likeness (QED) is 0.834. The molecule has 2 N–H and O–H groups in total. The number of hydrogen-bond acceptors (Lipinski definition) is 2. The largest absolute Gasteiger partial charge is 0.405 e. The fraction of sp³-hybridized carbons (Fsp3) is 0.375. The van der Waals surface area contributed by atoms with Crippen molar-refractivity contribution in [2.45, 2.75) is 25.4 Å². The number of hydrogen-bond donors (Lipinski definition) is 2. The van der Waals surface area contributed by atoms with Gasteiger partial charge in [-0.2, -0.15) is 13.2 Å². The molecule has 0 bridgehead atoms. The molecule has 0 heterocycles. The Morgan fingerprint density at radius 2 is 1.91 bits per heavy atom. The summed E-state index contributed by atoms with van der Waals surface area (Å²) in [4.78, 5) is 24.1. The molecule has 7 heteroatoms. The monoisotopic (exact) mass is 326 g/mol. The minimum absolute atomic E-state index is 0.0106. The first-order valence-electron chi connectivity index (χ1n) is 7.26. The average Bonchev–Trinajstić information content (AvgIpc) is 2.53. The molecule has 4 nitrogen and oxygen atoms in total. The smallest absolute Gasteiger partial charge is 0.343 e. The molecule has 1 aromatic rings. The fourth-order valence-electron chi connectivity index (χ4n) is 2.33. The van der Waals surface area contributed by atoms with Crippen LogP contribution in [0.4, 0.5) is 18.9 Å². The van der Waals surface area contributed by atoms with Crippen molar-refractivity contribution < 1.29 is 22.8 Å². The Balaban J connectivity index is 2.06. The maximum absolute atomic E-state index is 12.2. The molecule has 1 atom stereocenters. The second-order valence-electron chi connectivity index (χ2n) is 5.31. The first-order chi connectivity index (χ1) is 10.9. The summed E-state index contributed by atoms with van der Waals surface area (Å²) in [5.74, 6) is -1.29. The molecule has 0 aliphatic heterocycles. The molecular formula is C16H17F3N2O2. The summed E-state index contributed by atoms with van der Waals surface area (Å²) in [5, 5.41) is 4.45. The van der Waals surface area contributed by atoms with Crippen molar-refractivity contribution in [3.05, 3.63) is 42.0 Å². The van der Waals surface area contributed by atoms with E-state index in [1.54, 1.807) is 11.4 Å². The number of para-hydroxylation sites is 1. The second-order valence-corrected chi connectivity index (χ2v) is 5.31. The number of rotatable bonds is 4. The Labute approximate surface area is 131 Å². The number of nitrogens with one attached hydrogen (secondary N) is 2. The highest BCUT2D eigenvalue weighted by molar-refractivity contribution is 6.04. The molecular weight excluding hydrogens is 309 g/mol. The van der Waals surface area contributed by atoms with Gasteiger partial charge in [-0.15, -0.1) is 0 Å². The minimum atomic E-state index is -4.48. The van der Waals surface area contributed by atoms with Gasteiger partial charge in [-0.3, -0.25) is 9.59 Å². The van der Waals surface area contributed by atoms with Gasteiger partial charge in [0.05, 0.1) is 11.3 Å². The van der Waals surface area contributed by atoms with Gasteiger partial charge in [0.1, 0.15) is 6.54 Å². The van der Waals surface area contributed by atoms with Gasteiger partial charge in [0.15, 0.2) is 0 Å². The van der Waals surface area contributed by atoms with E-state index in [4.69, 9.17) is 0 Å². The van der Waals surface area contributed by atoms with Crippen molar-refractivity contribution in [1.29, 1.82) is 0 Å². The van der Waals surface area contributed by atoms with Crippen LogP contribution in [0.2, 0.25) is 0 Å². The van der Waals surface area contributed by atoms with E-state index in [0.29, 0.717) is 12.8 Å². The number of alkyl halides is 3. The van der Waals surface area contributed by atoms with Crippen molar-refractivity contribution in [2.75, 3.05) is 11.9 Å². The lowest BCUT2D eigenvalue weighted by Gasteiger charge is -2.18. The van der Waals surface area contributed by atoms with Gasteiger partial charge >= 0.3 is 6.18 Å². The van der Waals surface area contributed by atoms with E-state index in [0.717, 1.165) is 6.42 Å². The molecule has 2 rings (SSSR count). The summed E-state index contributed by atoms with van der Waals surface area (Å²) >= 11 is 0. The number of carbonyl (C=O) groups is 2. The van der Waals surface area contributed by atoms with Crippen LogP contribution in [0.25, 0.3) is 0 Å². The van der Waals surface area contributed by atoms with Gasteiger partial charge in [0, 0.05) is 5.92 Å². The van der Waals surface area contributed by atoms with E-state index in [1.807, 2.05) is 12.2 Å². The van der Waals surface area contributed by atoms with Crippen LogP contribution in [-0.4, -0.2) is 24.5 Å². The summed E-state index contributed by atoms with van der Waals surface area (Å²) in [6.45, 7) is -1.42. The lowest BCUT2D eigenvalue weighted by atomic mass is 9.93. The first kappa shape index (κ1) is 17.1. The predicted molar refractivity (Wildman–Crippen MR) is 79.9 cm³/mol. The summed E-state index contributed by atoms with van der Waals surface area (Å²) in [7, 11) is 0. The number of benzene rings is 1. The van der Waals surface area contributed by atoms with Crippen LogP contribution in [0.3, 0.4) is 0 Å². The zero-order valence-corrected chi connectivity index (χ0v) is 12.3. The highest BCUT2D eigenvalue weighted by Gasteiger charge is 2.28. The fourth-order valence-corrected chi connectivity index (χ4v) is 2.33. The average molecular weight is 326 g/mol. The predicted octanol–water partition coefficient (Wildman–Crippen LogP) is 3.27. The van der Waals surface area contributed by atoms with Gasteiger partial charge in [-0.1, -0.05) is 24.3 Å². The molecule has 1 unspecified atom stereocenters. The first-order valence-corrected chi connectivity index (χ1v) is 7.26. The van der Waals surface area contributed by atoms with Crippen LogP contribution in [0, 0.1) is 5.92 Å². The summed E-state index contributed by atoms with van der Waals surface area (Å²) in [6, 6.07) is 6.01. The number of amides is 2. The molecule has 1 aromatic carbocycles. The van der Waals surface area contributed by atoms with Gasteiger partial charge in [-0.05, 0) is 31.4 Å². The highest BCUT2D eigenvalue weighted by Crippen LogP contribution is 2.22. The highest BCUT2D eigenvalue weighted by atomic mass is 19.4. The van der Waals surface area contributed by atoms with E-state index in [2.05, 4.69) is 5.32 Å². The molecule has 0 saturated heterocycles. The van der Waals surface area contributed by atoms with Crippen LogP contribution >= 0.6 is 0 Å². The molecule has 2 amide bonds. The van der Waals surface area contributed by atoms with Crippen LogP contribution in [0.5, 0.6) is 0 Å². The third-order valence-electron chi connectivity index (χ3n) is 3.52. The Kier molecular flexibility index (Phi) is 5.41. The standard InChI is InChI=1S/C16H17F3N2O2/c17-16(18,19)10-20-15(23)12-8-4-5-9-13(12)21-14(22)11-6-2-1-3-7-11/h1-2,4-5,8-9,11H,3,6-7,10H2,(H,20,23)(H,21,22). The summed E-state index contributed by atoms with van der Waals surface area (Å²) in [6.07, 6.45) is 1.59. The number of carbonyl (C=O) groups excluding carboxylic acids is 2. The Morgan fingerprint density at radius 1 is 1.17 bits per heavy atom. The number of allylic oxidation sites excluding steroid dienone is 2. The molecule has 0 radical (unpaired) electrons.